The van der Waals surface area contributed by atoms with Crippen molar-refractivity contribution in [3.8, 4) is 0 Å². The molecule has 0 spiro atoms. The summed E-state index contributed by atoms with van der Waals surface area (Å²) in [6, 6.07) is 4.98. The van der Waals surface area contributed by atoms with E-state index in [4.69, 9.17) is 9.84 Å². The minimum absolute atomic E-state index is 0.0561. The number of nitrogens with one attached hydrogen (secondary N) is 1. The zero-order chi connectivity index (χ0) is 17.0. The smallest absolute Gasteiger partial charge is 0.305 e. The third-order valence-corrected chi connectivity index (χ3v) is 5.01. The Hall–Kier alpha value is -1.97. The molecule has 8 nitrogen and oxygen atoms in total. The zero-order valence-electron chi connectivity index (χ0n) is 12.6. The van der Waals surface area contributed by atoms with Gasteiger partial charge in [0.05, 0.1) is 30.6 Å². The lowest BCUT2D eigenvalue weighted by Crippen LogP contribution is -2.49. The average Bonchev–Trinajstić information content (AvgIpc) is 2.54. The van der Waals surface area contributed by atoms with E-state index in [1.54, 1.807) is 0 Å². The van der Waals surface area contributed by atoms with Crippen molar-refractivity contribution in [2.45, 2.75) is 17.4 Å². The van der Waals surface area contributed by atoms with Crippen molar-refractivity contribution >= 4 is 21.9 Å². The van der Waals surface area contributed by atoms with Crippen LogP contribution in [-0.4, -0.2) is 63.1 Å². The first kappa shape index (κ1) is 17.4. The molecule has 2 rings (SSSR count). The summed E-state index contributed by atoms with van der Waals surface area (Å²) in [5, 5.41) is 8.92. The van der Waals surface area contributed by atoms with Gasteiger partial charge in [-0.25, -0.2) is 13.1 Å². The molecular formula is C14H18N2O6S. The lowest BCUT2D eigenvalue weighted by atomic mass is 10.1. The Kier molecular flexibility index (Phi) is 5.34. The van der Waals surface area contributed by atoms with Gasteiger partial charge in [0.1, 0.15) is 0 Å². The van der Waals surface area contributed by atoms with Crippen LogP contribution in [0.2, 0.25) is 0 Å². The Morgan fingerprint density at radius 3 is 2.57 bits per heavy atom. The summed E-state index contributed by atoms with van der Waals surface area (Å²) in [6.07, 6.45) is -0.196. The molecule has 9 heteroatoms. The van der Waals surface area contributed by atoms with Crippen molar-refractivity contribution in [3.63, 3.8) is 0 Å². The molecule has 1 unspecified atom stereocenters. The lowest BCUT2D eigenvalue weighted by Gasteiger charge is -2.34. The van der Waals surface area contributed by atoms with E-state index in [1.165, 1.54) is 36.2 Å². The lowest BCUT2D eigenvalue weighted by molar-refractivity contribution is -0.139. The molecule has 1 fully saturated rings. The fourth-order valence-electron chi connectivity index (χ4n) is 2.35. The normalized spacial score (nSPS) is 18.7. The largest absolute Gasteiger partial charge is 0.481 e. The summed E-state index contributed by atoms with van der Waals surface area (Å²) in [6.45, 7) is 0.811. The number of nitrogens with zero attached hydrogens (tertiary/aromatic N) is 1. The fourth-order valence-corrected chi connectivity index (χ4v) is 3.08. The van der Waals surface area contributed by atoms with Crippen molar-refractivity contribution in [2.75, 3.05) is 26.8 Å². The summed E-state index contributed by atoms with van der Waals surface area (Å²) >= 11 is 0. The Bertz CT molecular complexity index is 686. The molecule has 1 aliphatic rings. The maximum Gasteiger partial charge on any atom is 0.305 e. The molecule has 126 valence electrons. The number of rotatable bonds is 5. The van der Waals surface area contributed by atoms with Crippen molar-refractivity contribution in [1.82, 2.24) is 9.62 Å². The molecule has 1 heterocycles. The Labute approximate surface area is 134 Å². The molecule has 2 N–H and O–H groups in total. The first-order valence-electron chi connectivity index (χ1n) is 6.99. The number of morpholine rings is 1. The van der Waals surface area contributed by atoms with E-state index in [0.717, 1.165) is 0 Å². The van der Waals surface area contributed by atoms with Crippen LogP contribution in [0.15, 0.2) is 29.2 Å². The number of hydrogen-bond acceptors (Lipinski definition) is 5. The minimum Gasteiger partial charge on any atom is -0.481 e. The summed E-state index contributed by atoms with van der Waals surface area (Å²) in [5.74, 6) is -1.35. The first-order chi connectivity index (χ1) is 10.8. The van der Waals surface area contributed by atoms with Gasteiger partial charge in [0.15, 0.2) is 0 Å². The molecule has 1 aliphatic heterocycles. The van der Waals surface area contributed by atoms with Gasteiger partial charge in [0, 0.05) is 12.1 Å². The molecular weight excluding hydrogens is 324 g/mol. The number of aliphatic carboxylic acids is 1. The molecule has 0 aliphatic carbocycles. The van der Waals surface area contributed by atoms with E-state index in [-0.39, 0.29) is 23.8 Å². The van der Waals surface area contributed by atoms with Crippen LogP contribution < -0.4 is 4.72 Å². The van der Waals surface area contributed by atoms with Gasteiger partial charge < -0.3 is 14.7 Å². The van der Waals surface area contributed by atoms with Gasteiger partial charge in [-0.15, -0.1) is 0 Å². The van der Waals surface area contributed by atoms with Crippen LogP contribution >= 0.6 is 0 Å². The second-order valence-corrected chi connectivity index (χ2v) is 6.94. The standard InChI is InChI=1S/C14H18N2O6S/c1-15-23(20,21)12-4-2-10(3-5-12)14(19)16-6-7-22-9-11(16)8-13(17)18/h2-5,11,15H,6-9H2,1H3,(H,17,18). The number of sulfonamides is 1. The molecule has 23 heavy (non-hydrogen) atoms. The minimum atomic E-state index is -3.56. The number of carboxylic acid groups (broad SMARTS) is 1. The van der Waals surface area contributed by atoms with Crippen molar-refractivity contribution in [2.24, 2.45) is 0 Å². The van der Waals surface area contributed by atoms with Gasteiger partial charge in [-0.1, -0.05) is 0 Å². The van der Waals surface area contributed by atoms with E-state index >= 15 is 0 Å². The second kappa shape index (κ2) is 7.07. The highest BCUT2D eigenvalue weighted by Gasteiger charge is 2.29. The van der Waals surface area contributed by atoms with Crippen LogP contribution in [0.4, 0.5) is 0 Å². The average molecular weight is 342 g/mol. The van der Waals surface area contributed by atoms with Crippen molar-refractivity contribution < 1.29 is 27.9 Å². The number of benzene rings is 1. The number of carbonyl (C=O) groups is 2. The highest BCUT2D eigenvalue weighted by atomic mass is 32.2. The summed E-state index contributed by atoms with van der Waals surface area (Å²) in [7, 11) is -2.26. The van der Waals surface area contributed by atoms with Crippen LogP contribution in [0.3, 0.4) is 0 Å². The fraction of sp³-hybridized carbons (Fsp3) is 0.429. The maximum atomic E-state index is 12.5. The number of hydrogen-bond donors (Lipinski definition) is 2. The summed E-state index contributed by atoms with van der Waals surface area (Å²) in [4.78, 5) is 24.9. The van der Waals surface area contributed by atoms with Crippen LogP contribution in [0.5, 0.6) is 0 Å². The third-order valence-electron chi connectivity index (χ3n) is 3.58. The van der Waals surface area contributed by atoms with E-state index in [0.29, 0.717) is 18.7 Å². The predicted molar refractivity (Wildman–Crippen MR) is 80.6 cm³/mol. The Balaban J connectivity index is 2.20. The topological polar surface area (TPSA) is 113 Å². The van der Waals surface area contributed by atoms with E-state index < -0.39 is 22.0 Å². The van der Waals surface area contributed by atoms with Crippen LogP contribution in [0.1, 0.15) is 16.8 Å². The quantitative estimate of drug-likeness (QED) is 0.773. The Morgan fingerprint density at radius 1 is 1.35 bits per heavy atom. The number of amides is 1. The van der Waals surface area contributed by atoms with Gasteiger partial charge in [0.25, 0.3) is 5.91 Å². The SMILES string of the molecule is CNS(=O)(=O)c1ccc(C(=O)N2CCOCC2CC(=O)O)cc1. The van der Waals surface area contributed by atoms with E-state index in [1.807, 2.05) is 0 Å². The Morgan fingerprint density at radius 2 is 2.00 bits per heavy atom. The molecule has 0 aromatic heterocycles. The zero-order valence-corrected chi connectivity index (χ0v) is 13.4. The van der Waals surface area contributed by atoms with Gasteiger partial charge in [0.2, 0.25) is 10.0 Å². The van der Waals surface area contributed by atoms with E-state index in [2.05, 4.69) is 4.72 Å². The van der Waals surface area contributed by atoms with Gasteiger partial charge in [-0.2, -0.15) is 0 Å². The monoisotopic (exact) mass is 342 g/mol. The van der Waals surface area contributed by atoms with Crippen LogP contribution in [0, 0.1) is 0 Å². The van der Waals surface area contributed by atoms with Gasteiger partial charge >= 0.3 is 5.97 Å². The molecule has 0 bridgehead atoms. The summed E-state index contributed by atoms with van der Waals surface area (Å²) < 4.78 is 30.8. The van der Waals surface area contributed by atoms with Crippen LogP contribution in [-0.2, 0) is 19.6 Å². The van der Waals surface area contributed by atoms with Gasteiger partial charge in [-0.3, -0.25) is 9.59 Å². The highest BCUT2D eigenvalue weighted by Crippen LogP contribution is 2.17. The molecule has 1 atom stereocenters. The molecule has 1 aromatic carbocycles. The maximum absolute atomic E-state index is 12.5. The first-order valence-corrected chi connectivity index (χ1v) is 8.47. The second-order valence-electron chi connectivity index (χ2n) is 5.06. The van der Waals surface area contributed by atoms with Crippen molar-refractivity contribution in [1.29, 1.82) is 0 Å². The molecule has 1 aromatic rings. The van der Waals surface area contributed by atoms with Crippen molar-refractivity contribution in [3.05, 3.63) is 29.8 Å². The molecule has 1 saturated heterocycles. The molecule has 1 amide bonds. The van der Waals surface area contributed by atoms with Crippen LogP contribution in [0.25, 0.3) is 0 Å². The molecule has 0 saturated carbocycles. The number of carbonyl (C=O) groups excluding carboxylic acids is 1. The van der Waals surface area contributed by atoms with E-state index in [9.17, 15) is 18.0 Å². The number of carboxylic acids is 1. The third kappa shape index (κ3) is 4.06. The highest BCUT2D eigenvalue weighted by molar-refractivity contribution is 7.89. The number of ether oxygens (including phenoxy) is 1. The van der Waals surface area contributed by atoms with Gasteiger partial charge in [-0.05, 0) is 31.3 Å². The predicted octanol–water partition coefficient (Wildman–Crippen LogP) is -0.0896. The summed E-state index contributed by atoms with van der Waals surface area (Å²) in [5.41, 5.74) is 0.303. The molecule has 0 radical (unpaired) electrons.